The van der Waals surface area contributed by atoms with Crippen molar-refractivity contribution in [3.63, 3.8) is 0 Å². The largest absolute Gasteiger partial charge is 0.385 e. The highest BCUT2D eigenvalue weighted by Gasteiger charge is 2.65. The van der Waals surface area contributed by atoms with Crippen molar-refractivity contribution in [2.75, 3.05) is 0 Å². The first-order valence-corrected chi connectivity index (χ1v) is 6.61. The van der Waals surface area contributed by atoms with Gasteiger partial charge in [-0.3, -0.25) is 0 Å². The van der Waals surface area contributed by atoms with E-state index in [2.05, 4.69) is 15.9 Å². The molecule has 1 aromatic carbocycles. The van der Waals surface area contributed by atoms with Gasteiger partial charge in [0.25, 0.3) is 0 Å². The van der Waals surface area contributed by atoms with Crippen LogP contribution >= 0.6 is 15.9 Å². The van der Waals surface area contributed by atoms with Crippen LogP contribution in [0.2, 0.25) is 0 Å². The van der Waals surface area contributed by atoms with E-state index in [0.717, 1.165) is 18.4 Å². The molecule has 86 valence electrons. The van der Waals surface area contributed by atoms with Crippen molar-refractivity contribution in [1.29, 1.82) is 0 Å². The van der Waals surface area contributed by atoms with E-state index in [9.17, 15) is 9.50 Å². The molecule has 0 spiro atoms. The Bertz CT molecular complexity index is 420. The highest BCUT2D eigenvalue weighted by molar-refractivity contribution is 9.10. The molecule has 0 saturated heterocycles. The van der Waals surface area contributed by atoms with Crippen LogP contribution in [0.15, 0.2) is 22.7 Å². The predicted molar refractivity (Wildman–Crippen MR) is 63.4 cm³/mol. The fourth-order valence-corrected chi connectivity index (χ4v) is 3.97. The predicted octanol–water partition coefficient (Wildman–Crippen LogP) is 3.60. The average Bonchev–Trinajstić information content (AvgIpc) is 2.86. The highest BCUT2D eigenvalue weighted by Crippen LogP contribution is 2.65. The summed E-state index contributed by atoms with van der Waals surface area (Å²) in [5.41, 5.74) is 0.175. The summed E-state index contributed by atoms with van der Waals surface area (Å²) < 4.78 is 13.7. The quantitative estimate of drug-likeness (QED) is 0.836. The lowest BCUT2D eigenvalue weighted by Gasteiger charge is -2.13. The molecule has 2 unspecified atom stereocenters. The molecular weight excluding hydrogens is 271 g/mol. The van der Waals surface area contributed by atoms with E-state index in [1.54, 1.807) is 6.07 Å². The van der Waals surface area contributed by atoms with Crippen molar-refractivity contribution in [2.45, 2.75) is 31.3 Å². The molecule has 3 rings (SSSR count). The molecule has 0 amide bonds. The molecule has 2 atom stereocenters. The standard InChI is InChI=1S/C13H14BrFO/c14-12-7-8(15)5-6-11(12)13(16)9-3-1-2-4-10(9)13/h5-7,9-10,16H,1-4H2. The van der Waals surface area contributed by atoms with Gasteiger partial charge in [0, 0.05) is 4.47 Å². The minimum atomic E-state index is -0.691. The van der Waals surface area contributed by atoms with E-state index < -0.39 is 5.60 Å². The number of benzene rings is 1. The summed E-state index contributed by atoms with van der Waals surface area (Å²) in [5.74, 6) is 0.522. The summed E-state index contributed by atoms with van der Waals surface area (Å²) in [6.07, 6.45) is 4.63. The Hall–Kier alpha value is -0.410. The molecule has 1 N–H and O–H groups in total. The highest BCUT2D eigenvalue weighted by atomic mass is 79.9. The Morgan fingerprint density at radius 2 is 1.88 bits per heavy atom. The van der Waals surface area contributed by atoms with E-state index in [4.69, 9.17) is 0 Å². The van der Waals surface area contributed by atoms with E-state index in [-0.39, 0.29) is 5.82 Å². The number of fused-ring (bicyclic) bond motifs is 1. The van der Waals surface area contributed by atoms with Crippen LogP contribution in [0.25, 0.3) is 0 Å². The minimum Gasteiger partial charge on any atom is -0.385 e. The van der Waals surface area contributed by atoms with Gasteiger partial charge >= 0.3 is 0 Å². The van der Waals surface area contributed by atoms with Gasteiger partial charge in [0.1, 0.15) is 5.82 Å². The maximum absolute atomic E-state index is 13.0. The Morgan fingerprint density at radius 3 is 2.44 bits per heavy atom. The van der Waals surface area contributed by atoms with Crippen molar-refractivity contribution in [2.24, 2.45) is 11.8 Å². The molecule has 0 bridgehead atoms. The van der Waals surface area contributed by atoms with Gasteiger partial charge < -0.3 is 5.11 Å². The van der Waals surface area contributed by atoms with Crippen molar-refractivity contribution in [1.82, 2.24) is 0 Å². The van der Waals surface area contributed by atoms with E-state index in [0.29, 0.717) is 16.3 Å². The van der Waals surface area contributed by atoms with Crippen LogP contribution in [0.3, 0.4) is 0 Å². The summed E-state index contributed by atoms with van der Waals surface area (Å²) in [5, 5.41) is 10.7. The Kier molecular flexibility index (Phi) is 2.37. The topological polar surface area (TPSA) is 20.2 Å². The number of hydrogen-bond donors (Lipinski definition) is 1. The summed E-state index contributed by atoms with van der Waals surface area (Å²) in [7, 11) is 0. The van der Waals surface area contributed by atoms with Gasteiger partial charge in [-0.1, -0.05) is 34.8 Å². The van der Waals surface area contributed by atoms with E-state index in [1.807, 2.05) is 0 Å². The van der Waals surface area contributed by atoms with Crippen molar-refractivity contribution < 1.29 is 9.50 Å². The van der Waals surface area contributed by atoms with E-state index >= 15 is 0 Å². The molecule has 0 aromatic heterocycles. The zero-order chi connectivity index (χ0) is 11.3. The van der Waals surface area contributed by atoms with Crippen LogP contribution in [-0.4, -0.2) is 5.11 Å². The third-order valence-electron chi connectivity index (χ3n) is 4.15. The number of rotatable bonds is 1. The summed E-state index contributed by atoms with van der Waals surface area (Å²) >= 11 is 3.36. The molecule has 2 aliphatic carbocycles. The minimum absolute atomic E-state index is 0.261. The molecule has 3 heteroatoms. The molecule has 1 nitrogen and oxygen atoms in total. The van der Waals surface area contributed by atoms with Crippen LogP contribution in [0, 0.1) is 17.7 Å². The molecule has 0 aliphatic heterocycles. The number of aliphatic hydroxyl groups is 1. The van der Waals surface area contributed by atoms with Crippen LogP contribution < -0.4 is 0 Å². The zero-order valence-electron chi connectivity index (χ0n) is 8.92. The average molecular weight is 285 g/mol. The third kappa shape index (κ3) is 1.37. The SMILES string of the molecule is OC1(c2ccc(F)cc2Br)C2CCCCC21. The first-order chi connectivity index (χ1) is 7.64. The molecule has 2 saturated carbocycles. The monoisotopic (exact) mass is 284 g/mol. The maximum Gasteiger partial charge on any atom is 0.124 e. The third-order valence-corrected chi connectivity index (χ3v) is 4.81. The van der Waals surface area contributed by atoms with Gasteiger partial charge in [0.15, 0.2) is 0 Å². The maximum atomic E-state index is 13.0. The molecule has 2 fully saturated rings. The van der Waals surface area contributed by atoms with E-state index in [1.165, 1.54) is 25.0 Å². The fraction of sp³-hybridized carbons (Fsp3) is 0.538. The van der Waals surface area contributed by atoms with Gasteiger partial charge in [-0.2, -0.15) is 0 Å². The van der Waals surface area contributed by atoms with Gasteiger partial charge in [-0.15, -0.1) is 0 Å². The number of halogens is 2. The van der Waals surface area contributed by atoms with Gasteiger partial charge in [0.2, 0.25) is 0 Å². The Balaban J connectivity index is 1.98. The first-order valence-electron chi connectivity index (χ1n) is 5.82. The first kappa shape index (κ1) is 10.7. The summed E-state index contributed by atoms with van der Waals surface area (Å²) in [6.45, 7) is 0. The smallest absolute Gasteiger partial charge is 0.124 e. The zero-order valence-corrected chi connectivity index (χ0v) is 10.5. The Labute approximate surface area is 103 Å². The van der Waals surface area contributed by atoms with Crippen molar-refractivity contribution >= 4 is 15.9 Å². The molecule has 16 heavy (non-hydrogen) atoms. The lowest BCUT2D eigenvalue weighted by Crippen LogP contribution is -2.11. The number of hydrogen-bond acceptors (Lipinski definition) is 1. The van der Waals surface area contributed by atoms with Crippen molar-refractivity contribution in [3.05, 3.63) is 34.1 Å². The second-order valence-electron chi connectivity index (χ2n) is 4.95. The van der Waals surface area contributed by atoms with Crippen LogP contribution in [0.1, 0.15) is 31.2 Å². The van der Waals surface area contributed by atoms with Crippen molar-refractivity contribution in [3.8, 4) is 0 Å². The van der Waals surface area contributed by atoms with Gasteiger partial charge in [-0.25, -0.2) is 4.39 Å². The Morgan fingerprint density at radius 1 is 1.25 bits per heavy atom. The molecular formula is C13H14BrFO. The molecule has 2 aliphatic rings. The van der Waals surface area contributed by atoms with Crippen LogP contribution in [0.4, 0.5) is 4.39 Å². The second kappa shape index (κ2) is 3.54. The van der Waals surface area contributed by atoms with Crippen LogP contribution in [0.5, 0.6) is 0 Å². The molecule has 0 heterocycles. The van der Waals surface area contributed by atoms with Crippen LogP contribution in [-0.2, 0) is 5.60 Å². The molecule has 0 radical (unpaired) electrons. The normalized spacial score (nSPS) is 36.9. The van der Waals surface area contributed by atoms with Gasteiger partial charge in [0.05, 0.1) is 5.60 Å². The fourth-order valence-electron chi connectivity index (χ4n) is 3.31. The summed E-state index contributed by atoms with van der Waals surface area (Å²) in [4.78, 5) is 0. The summed E-state index contributed by atoms with van der Waals surface area (Å²) in [6, 6.07) is 4.60. The lowest BCUT2D eigenvalue weighted by molar-refractivity contribution is 0.117. The molecule has 1 aromatic rings. The second-order valence-corrected chi connectivity index (χ2v) is 5.80. The lowest BCUT2D eigenvalue weighted by atomic mass is 10.0. The van der Waals surface area contributed by atoms with Gasteiger partial charge in [-0.05, 0) is 42.4 Å².